The van der Waals surface area contributed by atoms with Gasteiger partial charge in [0.15, 0.2) is 11.6 Å². The molecule has 0 spiro atoms. The minimum atomic E-state index is -0.511. The number of ether oxygens (including phenoxy) is 1. The van der Waals surface area contributed by atoms with E-state index in [9.17, 15) is 4.39 Å². The van der Waals surface area contributed by atoms with E-state index in [0.29, 0.717) is 11.3 Å². The predicted molar refractivity (Wildman–Crippen MR) is 78.6 cm³/mol. The van der Waals surface area contributed by atoms with Crippen LogP contribution >= 0.6 is 31.9 Å². The lowest BCUT2D eigenvalue weighted by molar-refractivity contribution is 0.386. The molecule has 0 fully saturated rings. The summed E-state index contributed by atoms with van der Waals surface area (Å²) >= 11 is 6.72. The van der Waals surface area contributed by atoms with E-state index in [1.807, 2.05) is 6.07 Å². The van der Waals surface area contributed by atoms with Gasteiger partial charge in [0.2, 0.25) is 0 Å². The molecule has 0 saturated carbocycles. The van der Waals surface area contributed by atoms with E-state index in [1.165, 1.54) is 13.2 Å². The van der Waals surface area contributed by atoms with Crippen LogP contribution in [0.1, 0.15) is 17.3 Å². The van der Waals surface area contributed by atoms with Crippen LogP contribution in [0.3, 0.4) is 0 Å². The second-order valence-corrected chi connectivity index (χ2v) is 5.66. The second kappa shape index (κ2) is 5.98. The maximum atomic E-state index is 13.7. The average molecular weight is 390 g/mol. The maximum absolute atomic E-state index is 13.7. The summed E-state index contributed by atoms with van der Waals surface area (Å²) in [7, 11) is 1.42. The summed E-state index contributed by atoms with van der Waals surface area (Å²) in [6.07, 6.45) is 1.65. The molecule has 0 radical (unpaired) electrons. The van der Waals surface area contributed by atoms with Crippen molar-refractivity contribution in [2.24, 2.45) is 5.73 Å². The summed E-state index contributed by atoms with van der Waals surface area (Å²) in [5, 5.41) is 0. The molecule has 1 aromatic heterocycles. The number of aromatic nitrogens is 1. The molecule has 2 N–H and O–H groups in total. The molecular formula is C13H11Br2FN2O. The molecule has 1 unspecified atom stereocenters. The zero-order chi connectivity index (χ0) is 14.0. The standard InChI is InChI=1S/C13H11Br2FN2O/c1-19-11-3-2-7(4-10(11)16)12(17)13-9(15)5-8(14)6-18-13/h2-6,12H,17H2,1H3. The first-order valence-corrected chi connectivity index (χ1v) is 7.01. The third-order valence-corrected chi connectivity index (χ3v) is 3.73. The first kappa shape index (κ1) is 14.4. The van der Waals surface area contributed by atoms with E-state index in [-0.39, 0.29) is 5.75 Å². The van der Waals surface area contributed by atoms with Crippen molar-refractivity contribution < 1.29 is 9.13 Å². The Morgan fingerprint density at radius 2 is 2.05 bits per heavy atom. The fraction of sp³-hybridized carbons (Fsp3) is 0.154. The monoisotopic (exact) mass is 388 g/mol. The first-order valence-electron chi connectivity index (χ1n) is 5.43. The normalized spacial score (nSPS) is 12.3. The van der Waals surface area contributed by atoms with Crippen molar-refractivity contribution in [2.75, 3.05) is 7.11 Å². The molecule has 100 valence electrons. The van der Waals surface area contributed by atoms with Crippen LogP contribution in [0.5, 0.6) is 5.75 Å². The van der Waals surface area contributed by atoms with Crippen molar-refractivity contribution in [1.29, 1.82) is 0 Å². The SMILES string of the molecule is COc1ccc(C(N)c2ncc(Br)cc2Br)cc1F. The molecule has 0 amide bonds. The molecule has 0 bridgehead atoms. The summed E-state index contributed by atoms with van der Waals surface area (Å²) in [5.41, 5.74) is 7.39. The Labute approximate surface area is 127 Å². The molecule has 1 atom stereocenters. The number of methoxy groups -OCH3 is 1. The van der Waals surface area contributed by atoms with Gasteiger partial charge in [-0.05, 0) is 55.6 Å². The molecule has 19 heavy (non-hydrogen) atoms. The van der Waals surface area contributed by atoms with Crippen molar-refractivity contribution in [3.05, 3.63) is 56.5 Å². The average Bonchev–Trinajstić information content (AvgIpc) is 2.38. The highest BCUT2D eigenvalue weighted by Crippen LogP contribution is 2.29. The third kappa shape index (κ3) is 3.13. The highest BCUT2D eigenvalue weighted by molar-refractivity contribution is 9.11. The lowest BCUT2D eigenvalue weighted by Gasteiger charge is -2.14. The molecule has 0 aliphatic carbocycles. The van der Waals surface area contributed by atoms with Crippen molar-refractivity contribution in [1.82, 2.24) is 4.98 Å². The zero-order valence-electron chi connectivity index (χ0n) is 10.0. The van der Waals surface area contributed by atoms with Gasteiger partial charge in [0.05, 0.1) is 18.8 Å². The molecular weight excluding hydrogens is 379 g/mol. The van der Waals surface area contributed by atoms with Gasteiger partial charge in [0, 0.05) is 15.1 Å². The summed E-state index contributed by atoms with van der Waals surface area (Å²) < 4.78 is 20.2. The van der Waals surface area contributed by atoms with Crippen LogP contribution < -0.4 is 10.5 Å². The van der Waals surface area contributed by atoms with Gasteiger partial charge in [0.1, 0.15) is 0 Å². The maximum Gasteiger partial charge on any atom is 0.165 e. The molecule has 0 aliphatic heterocycles. The minimum absolute atomic E-state index is 0.193. The van der Waals surface area contributed by atoms with Gasteiger partial charge in [-0.2, -0.15) is 0 Å². The Morgan fingerprint density at radius 1 is 1.32 bits per heavy atom. The number of rotatable bonds is 3. The van der Waals surface area contributed by atoms with Gasteiger partial charge >= 0.3 is 0 Å². The van der Waals surface area contributed by atoms with E-state index in [2.05, 4.69) is 36.8 Å². The van der Waals surface area contributed by atoms with E-state index in [0.717, 1.165) is 8.95 Å². The van der Waals surface area contributed by atoms with Gasteiger partial charge in [-0.3, -0.25) is 4.98 Å². The van der Waals surface area contributed by atoms with Gasteiger partial charge < -0.3 is 10.5 Å². The minimum Gasteiger partial charge on any atom is -0.494 e. The zero-order valence-corrected chi connectivity index (χ0v) is 13.2. The van der Waals surface area contributed by atoms with Crippen LogP contribution in [-0.2, 0) is 0 Å². The number of hydrogen-bond donors (Lipinski definition) is 1. The second-order valence-electron chi connectivity index (χ2n) is 3.89. The molecule has 2 rings (SSSR count). The van der Waals surface area contributed by atoms with Crippen LogP contribution in [-0.4, -0.2) is 12.1 Å². The Hall–Kier alpha value is -0.980. The van der Waals surface area contributed by atoms with E-state index < -0.39 is 11.9 Å². The quantitative estimate of drug-likeness (QED) is 0.868. The number of nitrogens with two attached hydrogens (primary N) is 1. The first-order chi connectivity index (χ1) is 9.02. The molecule has 6 heteroatoms. The Morgan fingerprint density at radius 3 is 2.63 bits per heavy atom. The van der Waals surface area contributed by atoms with Crippen molar-refractivity contribution in [3.8, 4) is 5.75 Å². The number of nitrogens with zero attached hydrogens (tertiary/aromatic N) is 1. The highest BCUT2D eigenvalue weighted by Gasteiger charge is 2.16. The Bertz CT molecular complexity index is 607. The Kier molecular flexibility index (Phi) is 4.54. The Balaban J connectivity index is 2.38. The van der Waals surface area contributed by atoms with Crippen molar-refractivity contribution in [3.63, 3.8) is 0 Å². The van der Waals surface area contributed by atoms with Gasteiger partial charge in [-0.1, -0.05) is 6.07 Å². The fourth-order valence-electron chi connectivity index (χ4n) is 1.69. The molecule has 0 saturated heterocycles. The van der Waals surface area contributed by atoms with Crippen LogP contribution in [0.4, 0.5) is 4.39 Å². The molecule has 0 aliphatic rings. The van der Waals surface area contributed by atoms with Crippen LogP contribution in [0.2, 0.25) is 0 Å². The molecule has 3 nitrogen and oxygen atoms in total. The molecule has 1 heterocycles. The third-order valence-electron chi connectivity index (χ3n) is 2.67. The van der Waals surface area contributed by atoms with Crippen molar-refractivity contribution >= 4 is 31.9 Å². The summed E-state index contributed by atoms with van der Waals surface area (Å²) in [6.45, 7) is 0. The predicted octanol–water partition coefficient (Wildman–Crippen LogP) is 3.80. The van der Waals surface area contributed by atoms with Gasteiger partial charge in [-0.15, -0.1) is 0 Å². The lowest BCUT2D eigenvalue weighted by Crippen LogP contribution is -2.14. The summed E-state index contributed by atoms with van der Waals surface area (Å²) in [6, 6.07) is 5.98. The fourth-order valence-corrected chi connectivity index (χ4v) is 2.92. The number of benzene rings is 1. The largest absolute Gasteiger partial charge is 0.494 e. The number of pyridine rings is 1. The molecule has 2 aromatic rings. The van der Waals surface area contributed by atoms with Gasteiger partial charge in [-0.25, -0.2) is 4.39 Å². The van der Waals surface area contributed by atoms with Crippen molar-refractivity contribution in [2.45, 2.75) is 6.04 Å². The van der Waals surface area contributed by atoms with E-state index in [4.69, 9.17) is 10.5 Å². The highest BCUT2D eigenvalue weighted by atomic mass is 79.9. The summed E-state index contributed by atoms with van der Waals surface area (Å²) in [4.78, 5) is 4.25. The lowest BCUT2D eigenvalue weighted by atomic mass is 10.0. The van der Waals surface area contributed by atoms with Gasteiger partial charge in [0.25, 0.3) is 0 Å². The molecule has 1 aromatic carbocycles. The summed E-state index contributed by atoms with van der Waals surface area (Å²) in [5.74, 6) is -0.248. The van der Waals surface area contributed by atoms with Crippen LogP contribution in [0, 0.1) is 5.82 Å². The van der Waals surface area contributed by atoms with E-state index >= 15 is 0 Å². The van der Waals surface area contributed by atoms with Crippen LogP contribution in [0.15, 0.2) is 39.4 Å². The topological polar surface area (TPSA) is 48.1 Å². The number of hydrogen-bond acceptors (Lipinski definition) is 3. The smallest absolute Gasteiger partial charge is 0.165 e. The van der Waals surface area contributed by atoms with Crippen LogP contribution in [0.25, 0.3) is 0 Å². The van der Waals surface area contributed by atoms with E-state index in [1.54, 1.807) is 18.3 Å². The number of halogens is 3.